The predicted molar refractivity (Wildman–Crippen MR) is 64.9 cm³/mol. The number of thioether (sulfide) groups is 1. The molecule has 0 aliphatic carbocycles. The van der Waals surface area contributed by atoms with E-state index < -0.39 is 5.82 Å². The molecule has 0 unspecified atom stereocenters. The SMILES string of the molecule is CCOc1ccc(C(=O)CCSC)cc1F. The highest BCUT2D eigenvalue weighted by Gasteiger charge is 2.09. The molecular formula is C12H15FO2S. The van der Waals surface area contributed by atoms with Crippen LogP contribution in [0, 0.1) is 5.82 Å². The first-order valence-corrected chi connectivity index (χ1v) is 6.53. The molecule has 0 spiro atoms. The molecule has 4 heteroatoms. The lowest BCUT2D eigenvalue weighted by atomic mass is 10.1. The van der Waals surface area contributed by atoms with Gasteiger partial charge in [0.2, 0.25) is 0 Å². The van der Waals surface area contributed by atoms with Crippen LogP contribution in [0.5, 0.6) is 5.75 Å². The van der Waals surface area contributed by atoms with Gasteiger partial charge in [0.15, 0.2) is 17.3 Å². The minimum absolute atomic E-state index is 0.0312. The first-order chi connectivity index (χ1) is 7.69. The van der Waals surface area contributed by atoms with Gasteiger partial charge in [-0.15, -0.1) is 0 Å². The van der Waals surface area contributed by atoms with E-state index in [1.807, 2.05) is 6.26 Å². The molecule has 0 aliphatic rings. The number of halogens is 1. The van der Waals surface area contributed by atoms with Crippen LogP contribution in [0.2, 0.25) is 0 Å². The average Bonchev–Trinajstić information content (AvgIpc) is 2.29. The Balaban J connectivity index is 2.76. The summed E-state index contributed by atoms with van der Waals surface area (Å²) in [7, 11) is 0. The summed E-state index contributed by atoms with van der Waals surface area (Å²) in [5.41, 5.74) is 0.412. The highest BCUT2D eigenvalue weighted by Crippen LogP contribution is 2.19. The van der Waals surface area contributed by atoms with Gasteiger partial charge in [0.25, 0.3) is 0 Å². The second kappa shape index (κ2) is 6.53. The Labute approximate surface area is 99.2 Å². The van der Waals surface area contributed by atoms with Crippen LogP contribution in [0.4, 0.5) is 4.39 Å². The molecule has 0 bridgehead atoms. The second-order valence-electron chi connectivity index (χ2n) is 3.24. The molecule has 0 fully saturated rings. The summed E-state index contributed by atoms with van der Waals surface area (Å²) in [5.74, 6) is 0.449. The molecule has 1 aromatic carbocycles. The van der Waals surface area contributed by atoms with Crippen molar-refractivity contribution in [3.05, 3.63) is 29.6 Å². The van der Waals surface area contributed by atoms with Crippen LogP contribution in [0.3, 0.4) is 0 Å². The molecule has 16 heavy (non-hydrogen) atoms. The van der Waals surface area contributed by atoms with Gasteiger partial charge in [0.05, 0.1) is 6.61 Å². The molecule has 0 aliphatic heterocycles. The topological polar surface area (TPSA) is 26.3 Å². The molecule has 0 amide bonds. The third kappa shape index (κ3) is 3.52. The molecule has 0 saturated heterocycles. The summed E-state index contributed by atoms with van der Waals surface area (Å²) in [6.45, 7) is 2.20. The molecule has 0 atom stereocenters. The zero-order valence-corrected chi connectivity index (χ0v) is 10.3. The fraction of sp³-hybridized carbons (Fsp3) is 0.417. The molecule has 0 saturated carbocycles. The number of ether oxygens (including phenoxy) is 1. The van der Waals surface area contributed by atoms with Crippen molar-refractivity contribution in [1.82, 2.24) is 0 Å². The average molecular weight is 242 g/mol. The zero-order chi connectivity index (χ0) is 12.0. The van der Waals surface area contributed by atoms with Crippen molar-refractivity contribution >= 4 is 17.5 Å². The maximum absolute atomic E-state index is 13.4. The number of hydrogen-bond donors (Lipinski definition) is 0. The van der Waals surface area contributed by atoms with Gasteiger partial charge in [0, 0.05) is 17.7 Å². The van der Waals surface area contributed by atoms with Gasteiger partial charge < -0.3 is 4.74 Å². The highest BCUT2D eigenvalue weighted by atomic mass is 32.2. The summed E-state index contributed by atoms with van der Waals surface area (Å²) in [6.07, 6.45) is 2.38. The number of Topliss-reactive ketones (excluding diaryl/α,β-unsaturated/α-hetero) is 1. The quantitative estimate of drug-likeness (QED) is 0.717. The highest BCUT2D eigenvalue weighted by molar-refractivity contribution is 7.98. The lowest BCUT2D eigenvalue weighted by Crippen LogP contribution is -2.02. The van der Waals surface area contributed by atoms with Gasteiger partial charge in [-0.05, 0) is 31.4 Å². The molecular weight excluding hydrogens is 227 g/mol. The lowest BCUT2D eigenvalue weighted by Gasteiger charge is -2.06. The minimum Gasteiger partial charge on any atom is -0.491 e. The van der Waals surface area contributed by atoms with E-state index in [0.29, 0.717) is 18.6 Å². The van der Waals surface area contributed by atoms with Crippen molar-refractivity contribution in [2.45, 2.75) is 13.3 Å². The normalized spacial score (nSPS) is 10.2. The van der Waals surface area contributed by atoms with E-state index in [-0.39, 0.29) is 11.5 Å². The largest absolute Gasteiger partial charge is 0.491 e. The Morgan fingerprint density at radius 2 is 2.25 bits per heavy atom. The van der Waals surface area contributed by atoms with E-state index >= 15 is 0 Å². The van der Waals surface area contributed by atoms with Crippen LogP contribution < -0.4 is 4.74 Å². The summed E-state index contributed by atoms with van der Waals surface area (Å²) in [5, 5.41) is 0. The third-order valence-electron chi connectivity index (χ3n) is 2.09. The lowest BCUT2D eigenvalue weighted by molar-refractivity contribution is 0.0989. The number of hydrogen-bond acceptors (Lipinski definition) is 3. The van der Waals surface area contributed by atoms with Gasteiger partial charge >= 0.3 is 0 Å². The minimum atomic E-state index is -0.475. The maximum atomic E-state index is 13.4. The fourth-order valence-electron chi connectivity index (χ4n) is 1.29. The number of carbonyl (C=O) groups excluding carboxylic acids is 1. The molecule has 0 N–H and O–H groups in total. The van der Waals surface area contributed by atoms with Gasteiger partial charge in [-0.3, -0.25) is 4.79 Å². The van der Waals surface area contributed by atoms with Crippen molar-refractivity contribution in [3.8, 4) is 5.75 Å². The van der Waals surface area contributed by atoms with E-state index in [9.17, 15) is 9.18 Å². The summed E-state index contributed by atoms with van der Waals surface area (Å²) >= 11 is 1.60. The summed E-state index contributed by atoms with van der Waals surface area (Å²) < 4.78 is 18.5. The number of benzene rings is 1. The van der Waals surface area contributed by atoms with Gasteiger partial charge in [-0.2, -0.15) is 11.8 Å². The molecule has 0 radical (unpaired) electrons. The van der Waals surface area contributed by atoms with Crippen LogP contribution >= 0.6 is 11.8 Å². The standard InChI is InChI=1S/C12H15FO2S/c1-3-15-12-5-4-9(8-10(12)13)11(14)6-7-16-2/h4-5,8H,3,6-7H2,1-2H3. The molecule has 1 rings (SSSR count). The van der Waals surface area contributed by atoms with Gasteiger partial charge in [-0.25, -0.2) is 4.39 Å². The Kier molecular flexibility index (Phi) is 5.32. The first kappa shape index (κ1) is 13.0. The first-order valence-electron chi connectivity index (χ1n) is 5.13. The van der Waals surface area contributed by atoms with Crippen molar-refractivity contribution in [2.75, 3.05) is 18.6 Å². The van der Waals surface area contributed by atoms with Gasteiger partial charge in [0.1, 0.15) is 0 Å². The number of carbonyl (C=O) groups is 1. The summed E-state index contributed by atoms with van der Waals surface area (Å²) in [4.78, 5) is 11.6. The zero-order valence-electron chi connectivity index (χ0n) is 9.46. The Morgan fingerprint density at radius 1 is 1.50 bits per heavy atom. The van der Waals surface area contributed by atoms with Crippen molar-refractivity contribution in [2.24, 2.45) is 0 Å². The van der Waals surface area contributed by atoms with Crippen LogP contribution in [0.25, 0.3) is 0 Å². The van der Waals surface area contributed by atoms with E-state index in [0.717, 1.165) is 5.75 Å². The van der Waals surface area contributed by atoms with Crippen molar-refractivity contribution < 1.29 is 13.9 Å². The van der Waals surface area contributed by atoms with Crippen LogP contribution in [-0.4, -0.2) is 24.4 Å². The monoisotopic (exact) mass is 242 g/mol. The van der Waals surface area contributed by atoms with Crippen molar-refractivity contribution in [3.63, 3.8) is 0 Å². The Hall–Kier alpha value is -1.03. The summed E-state index contributed by atoms with van der Waals surface area (Å²) in [6, 6.07) is 4.36. The Bertz CT molecular complexity index is 366. The molecule has 0 aromatic heterocycles. The molecule has 2 nitrogen and oxygen atoms in total. The molecule has 0 heterocycles. The van der Waals surface area contributed by atoms with Crippen LogP contribution in [-0.2, 0) is 0 Å². The smallest absolute Gasteiger partial charge is 0.165 e. The number of rotatable bonds is 6. The van der Waals surface area contributed by atoms with Gasteiger partial charge in [-0.1, -0.05) is 0 Å². The fourth-order valence-corrected chi connectivity index (χ4v) is 1.68. The molecule has 88 valence electrons. The van der Waals surface area contributed by atoms with E-state index in [1.165, 1.54) is 12.1 Å². The van der Waals surface area contributed by atoms with E-state index in [2.05, 4.69) is 0 Å². The van der Waals surface area contributed by atoms with Crippen LogP contribution in [0.1, 0.15) is 23.7 Å². The van der Waals surface area contributed by atoms with E-state index in [1.54, 1.807) is 24.8 Å². The third-order valence-corrected chi connectivity index (χ3v) is 2.70. The maximum Gasteiger partial charge on any atom is 0.165 e. The van der Waals surface area contributed by atoms with Crippen molar-refractivity contribution in [1.29, 1.82) is 0 Å². The molecule has 1 aromatic rings. The predicted octanol–water partition coefficient (Wildman–Crippen LogP) is 3.16. The number of ketones is 1. The van der Waals surface area contributed by atoms with E-state index in [4.69, 9.17) is 4.74 Å². The second-order valence-corrected chi connectivity index (χ2v) is 4.23. The van der Waals surface area contributed by atoms with Crippen LogP contribution in [0.15, 0.2) is 18.2 Å². The Morgan fingerprint density at radius 3 is 2.81 bits per heavy atom.